The van der Waals surface area contributed by atoms with Crippen molar-refractivity contribution in [2.75, 3.05) is 20.3 Å². The van der Waals surface area contributed by atoms with Gasteiger partial charge in [0.15, 0.2) is 0 Å². The summed E-state index contributed by atoms with van der Waals surface area (Å²) in [6, 6.07) is 5.73. The van der Waals surface area contributed by atoms with Gasteiger partial charge in [0, 0.05) is 13.5 Å². The first-order valence-corrected chi connectivity index (χ1v) is 7.10. The fourth-order valence-electron chi connectivity index (χ4n) is 1.99. The average Bonchev–Trinajstić information content (AvgIpc) is 2.37. The topological polar surface area (TPSA) is 27.7 Å². The third kappa shape index (κ3) is 3.76. The molecule has 1 aromatic carbocycles. The fraction of sp³-hybridized carbons (Fsp3) is 0.571. The van der Waals surface area contributed by atoms with E-state index in [-0.39, 0.29) is 17.6 Å². The highest BCUT2D eigenvalue weighted by atomic mass is 35.5. The zero-order valence-electron chi connectivity index (χ0n) is 11.1. The first-order chi connectivity index (χ1) is 9.11. The molecule has 2 rings (SSSR count). The minimum atomic E-state index is -0.103. The van der Waals surface area contributed by atoms with Gasteiger partial charge in [-0.05, 0) is 24.6 Å². The summed E-state index contributed by atoms with van der Waals surface area (Å²) in [5, 5.41) is 0.611. The van der Waals surface area contributed by atoms with Crippen LogP contribution in [0.4, 0.5) is 0 Å². The standard InChI is InChI=1S/C14H18Cl2O3/c1-9-3-4-12(10(15)7-9)19-13-8-11(16)14(13)18-6-5-17-2/h3-4,7,11,13-14H,5-6,8H2,1-2H3. The van der Waals surface area contributed by atoms with Crippen LogP contribution in [-0.2, 0) is 9.47 Å². The molecule has 3 unspecified atom stereocenters. The molecular formula is C14H18Cl2O3. The molecule has 19 heavy (non-hydrogen) atoms. The second-order valence-corrected chi connectivity index (χ2v) is 5.64. The van der Waals surface area contributed by atoms with Crippen molar-refractivity contribution in [3.05, 3.63) is 28.8 Å². The molecule has 0 amide bonds. The third-order valence-corrected chi connectivity index (χ3v) is 3.87. The van der Waals surface area contributed by atoms with Crippen molar-refractivity contribution in [1.29, 1.82) is 0 Å². The van der Waals surface area contributed by atoms with E-state index in [2.05, 4.69) is 0 Å². The molecule has 3 atom stereocenters. The maximum absolute atomic E-state index is 6.15. The van der Waals surface area contributed by atoms with Gasteiger partial charge in [-0.25, -0.2) is 0 Å². The maximum Gasteiger partial charge on any atom is 0.138 e. The molecule has 0 heterocycles. The van der Waals surface area contributed by atoms with Crippen LogP contribution in [0.2, 0.25) is 5.02 Å². The molecule has 1 aromatic rings. The van der Waals surface area contributed by atoms with Gasteiger partial charge in [0.2, 0.25) is 0 Å². The Balaban J connectivity index is 1.91. The highest BCUT2D eigenvalue weighted by Gasteiger charge is 2.43. The maximum atomic E-state index is 6.15. The summed E-state index contributed by atoms with van der Waals surface area (Å²) in [5.74, 6) is 0.682. The Labute approximate surface area is 123 Å². The van der Waals surface area contributed by atoms with Crippen LogP contribution in [0.15, 0.2) is 18.2 Å². The largest absolute Gasteiger partial charge is 0.486 e. The molecule has 0 spiro atoms. The molecule has 106 valence electrons. The van der Waals surface area contributed by atoms with E-state index >= 15 is 0 Å². The predicted octanol–water partition coefficient (Wildman–Crippen LogP) is 3.44. The van der Waals surface area contributed by atoms with Gasteiger partial charge < -0.3 is 14.2 Å². The number of halogens is 2. The van der Waals surface area contributed by atoms with Crippen LogP contribution in [0.25, 0.3) is 0 Å². The van der Waals surface area contributed by atoms with E-state index in [1.807, 2.05) is 25.1 Å². The number of ether oxygens (including phenoxy) is 3. The lowest BCUT2D eigenvalue weighted by Crippen LogP contribution is -2.53. The molecule has 1 fully saturated rings. The zero-order chi connectivity index (χ0) is 13.8. The SMILES string of the molecule is COCCOC1C(Cl)CC1Oc1ccc(C)cc1Cl. The highest BCUT2D eigenvalue weighted by molar-refractivity contribution is 6.32. The molecule has 1 saturated carbocycles. The number of hydrogen-bond donors (Lipinski definition) is 0. The Kier molecular flexibility index (Phi) is 5.34. The minimum Gasteiger partial charge on any atom is -0.486 e. The van der Waals surface area contributed by atoms with Crippen molar-refractivity contribution >= 4 is 23.2 Å². The summed E-state index contributed by atoms with van der Waals surface area (Å²) in [6.07, 6.45) is 0.623. The van der Waals surface area contributed by atoms with E-state index in [1.54, 1.807) is 7.11 Å². The Bertz CT molecular complexity index is 425. The van der Waals surface area contributed by atoms with Gasteiger partial charge in [-0.2, -0.15) is 0 Å². The van der Waals surface area contributed by atoms with Gasteiger partial charge in [-0.3, -0.25) is 0 Å². The van der Waals surface area contributed by atoms with Crippen molar-refractivity contribution < 1.29 is 14.2 Å². The second kappa shape index (κ2) is 6.80. The molecule has 5 heteroatoms. The van der Waals surface area contributed by atoms with E-state index in [1.165, 1.54) is 0 Å². The smallest absolute Gasteiger partial charge is 0.138 e. The number of methoxy groups -OCH3 is 1. The van der Waals surface area contributed by atoms with Crippen molar-refractivity contribution in [3.63, 3.8) is 0 Å². The van der Waals surface area contributed by atoms with Crippen LogP contribution in [0, 0.1) is 6.92 Å². The van der Waals surface area contributed by atoms with Crippen LogP contribution < -0.4 is 4.74 Å². The molecule has 0 saturated heterocycles. The van der Waals surface area contributed by atoms with E-state index < -0.39 is 0 Å². The molecule has 0 bridgehead atoms. The van der Waals surface area contributed by atoms with E-state index in [9.17, 15) is 0 Å². The fourth-order valence-corrected chi connectivity index (χ4v) is 2.68. The quantitative estimate of drug-likeness (QED) is 0.595. The number of hydrogen-bond acceptors (Lipinski definition) is 3. The molecule has 0 radical (unpaired) electrons. The summed E-state index contributed by atoms with van der Waals surface area (Å²) in [6.45, 7) is 3.06. The summed E-state index contributed by atoms with van der Waals surface area (Å²) < 4.78 is 16.5. The van der Waals surface area contributed by atoms with Gasteiger partial charge in [0.05, 0.1) is 23.6 Å². The monoisotopic (exact) mass is 304 g/mol. The molecule has 3 nitrogen and oxygen atoms in total. The first kappa shape index (κ1) is 14.9. The van der Waals surface area contributed by atoms with Crippen LogP contribution in [0.3, 0.4) is 0 Å². The zero-order valence-corrected chi connectivity index (χ0v) is 12.6. The lowest BCUT2D eigenvalue weighted by atomic mass is 9.91. The van der Waals surface area contributed by atoms with E-state index in [0.29, 0.717) is 24.0 Å². The molecule has 0 N–H and O–H groups in total. The Morgan fingerprint density at radius 1 is 1.32 bits per heavy atom. The summed E-state index contributed by atoms with van der Waals surface area (Å²) in [5.41, 5.74) is 1.11. The Hall–Kier alpha value is -0.480. The van der Waals surface area contributed by atoms with Crippen LogP contribution in [0.5, 0.6) is 5.75 Å². The average molecular weight is 305 g/mol. The van der Waals surface area contributed by atoms with Crippen LogP contribution >= 0.6 is 23.2 Å². The Morgan fingerprint density at radius 2 is 2.11 bits per heavy atom. The first-order valence-electron chi connectivity index (χ1n) is 6.29. The normalized spacial score (nSPS) is 26.0. The number of benzene rings is 1. The molecular weight excluding hydrogens is 287 g/mol. The second-order valence-electron chi connectivity index (χ2n) is 4.67. The summed E-state index contributed by atoms with van der Waals surface area (Å²) in [7, 11) is 1.64. The predicted molar refractivity (Wildman–Crippen MR) is 76.5 cm³/mol. The van der Waals surface area contributed by atoms with Crippen LogP contribution in [0.1, 0.15) is 12.0 Å². The minimum absolute atomic E-state index is 0.00826. The molecule has 1 aliphatic carbocycles. The lowest BCUT2D eigenvalue weighted by molar-refractivity contribution is -0.0898. The van der Waals surface area contributed by atoms with E-state index in [4.69, 9.17) is 37.4 Å². The molecule has 0 aliphatic heterocycles. The summed E-state index contributed by atoms with van der Waals surface area (Å²) >= 11 is 12.3. The molecule has 0 aromatic heterocycles. The van der Waals surface area contributed by atoms with Gasteiger partial charge >= 0.3 is 0 Å². The van der Waals surface area contributed by atoms with Crippen molar-refractivity contribution in [2.45, 2.75) is 30.9 Å². The highest BCUT2D eigenvalue weighted by Crippen LogP contribution is 2.35. The third-order valence-electron chi connectivity index (χ3n) is 3.14. The van der Waals surface area contributed by atoms with Gasteiger partial charge in [-0.15, -0.1) is 11.6 Å². The molecule has 1 aliphatic rings. The van der Waals surface area contributed by atoms with E-state index in [0.717, 1.165) is 12.0 Å². The van der Waals surface area contributed by atoms with Gasteiger partial charge in [0.25, 0.3) is 0 Å². The van der Waals surface area contributed by atoms with Crippen LogP contribution in [-0.4, -0.2) is 37.9 Å². The van der Waals surface area contributed by atoms with Gasteiger partial charge in [-0.1, -0.05) is 17.7 Å². The summed E-state index contributed by atoms with van der Waals surface area (Å²) in [4.78, 5) is 0. The number of rotatable bonds is 6. The number of alkyl halides is 1. The Morgan fingerprint density at radius 3 is 2.74 bits per heavy atom. The lowest BCUT2D eigenvalue weighted by Gasteiger charge is -2.40. The van der Waals surface area contributed by atoms with Crippen molar-refractivity contribution in [2.24, 2.45) is 0 Å². The van der Waals surface area contributed by atoms with Crippen molar-refractivity contribution in [3.8, 4) is 5.75 Å². The van der Waals surface area contributed by atoms with Crippen molar-refractivity contribution in [1.82, 2.24) is 0 Å². The number of aryl methyl sites for hydroxylation is 1. The van der Waals surface area contributed by atoms with Gasteiger partial charge in [0.1, 0.15) is 18.0 Å².